The van der Waals surface area contributed by atoms with E-state index in [2.05, 4.69) is 62.6 Å². The van der Waals surface area contributed by atoms with Gasteiger partial charge < -0.3 is 14.0 Å². The van der Waals surface area contributed by atoms with Crippen LogP contribution in [-0.4, -0.2) is 23.2 Å². The molecule has 1 aliphatic rings. The van der Waals surface area contributed by atoms with Crippen LogP contribution in [0.3, 0.4) is 0 Å². The number of carbonyl (C=O) groups is 1. The van der Waals surface area contributed by atoms with Crippen molar-refractivity contribution in [3.05, 3.63) is 65.4 Å². The van der Waals surface area contributed by atoms with E-state index >= 15 is 0 Å². The molecule has 4 nitrogen and oxygen atoms in total. The van der Waals surface area contributed by atoms with Crippen LogP contribution in [0.25, 0.3) is 10.9 Å². The van der Waals surface area contributed by atoms with Crippen molar-refractivity contribution < 1.29 is 14.3 Å². The molecule has 0 bridgehead atoms. The highest BCUT2D eigenvalue weighted by Gasteiger charge is 2.26. The molecule has 4 rings (SSSR count). The van der Waals surface area contributed by atoms with Crippen molar-refractivity contribution in [1.82, 2.24) is 4.57 Å². The van der Waals surface area contributed by atoms with Crippen LogP contribution < -0.4 is 4.74 Å². The highest BCUT2D eigenvalue weighted by molar-refractivity contribution is 6.10. The number of fused-ring (bicyclic) bond motifs is 1. The quantitative estimate of drug-likeness (QED) is 0.361. The van der Waals surface area contributed by atoms with Gasteiger partial charge in [-0.1, -0.05) is 58.0 Å². The second kappa shape index (κ2) is 9.91. The molecule has 170 valence electrons. The van der Waals surface area contributed by atoms with E-state index in [-0.39, 0.29) is 18.0 Å². The van der Waals surface area contributed by atoms with Crippen molar-refractivity contribution in [1.29, 1.82) is 0 Å². The highest BCUT2D eigenvalue weighted by Crippen LogP contribution is 2.36. The third-order valence-corrected chi connectivity index (χ3v) is 6.08. The fourth-order valence-electron chi connectivity index (χ4n) is 4.69. The molecular weight excluding hydrogens is 398 g/mol. The number of Topliss-reactive ketones (excluding diaryl/α,β-unsaturated/α-hetero) is 1. The summed E-state index contributed by atoms with van der Waals surface area (Å²) in [5.74, 6) is 1.52. The molecule has 1 fully saturated rings. The Labute approximate surface area is 191 Å². The number of rotatable bonds is 8. The predicted molar refractivity (Wildman–Crippen MR) is 130 cm³/mol. The molecule has 0 amide bonds. The van der Waals surface area contributed by atoms with Crippen LogP contribution in [0.2, 0.25) is 0 Å². The third-order valence-electron chi connectivity index (χ3n) is 6.08. The fraction of sp³-hybridized carbons (Fsp3) is 0.464. The van der Waals surface area contributed by atoms with Gasteiger partial charge in [-0.2, -0.15) is 0 Å². The number of ketones is 1. The van der Waals surface area contributed by atoms with Gasteiger partial charge in [0.05, 0.1) is 6.61 Å². The molecule has 32 heavy (non-hydrogen) atoms. The van der Waals surface area contributed by atoms with Gasteiger partial charge in [0, 0.05) is 41.5 Å². The number of hydrogen-bond acceptors (Lipinski definition) is 3. The monoisotopic (exact) mass is 433 g/mol. The van der Waals surface area contributed by atoms with Gasteiger partial charge in [-0.3, -0.25) is 4.79 Å². The van der Waals surface area contributed by atoms with Crippen molar-refractivity contribution in [2.24, 2.45) is 5.92 Å². The highest BCUT2D eigenvalue weighted by atomic mass is 16.7. The van der Waals surface area contributed by atoms with E-state index < -0.39 is 0 Å². The Morgan fingerprint density at radius 1 is 1.09 bits per heavy atom. The van der Waals surface area contributed by atoms with E-state index in [1.54, 1.807) is 0 Å². The summed E-state index contributed by atoms with van der Waals surface area (Å²) in [6, 6.07) is 16.6. The lowest BCUT2D eigenvalue weighted by atomic mass is 9.95. The van der Waals surface area contributed by atoms with Crippen LogP contribution in [0.4, 0.5) is 0 Å². The summed E-state index contributed by atoms with van der Waals surface area (Å²) < 4.78 is 14.3. The van der Waals surface area contributed by atoms with Crippen LogP contribution in [0.1, 0.15) is 80.9 Å². The number of hydrogen-bond donors (Lipinski definition) is 0. The summed E-state index contributed by atoms with van der Waals surface area (Å²) in [6.45, 7) is 10.0. The standard InChI is InChI=1S/C28H35NO3/c1-19(2)16-25(30)27-23-17-22(32-26-12-8-9-15-31-26)13-14-24(23)29(28(27)20(3)4)18-21-10-6-5-7-11-21/h5-7,10-11,13-14,17,19-20,26H,8-9,12,15-16,18H2,1-4H3. The zero-order chi connectivity index (χ0) is 22.7. The van der Waals surface area contributed by atoms with Crippen LogP contribution in [-0.2, 0) is 11.3 Å². The van der Waals surface area contributed by atoms with Gasteiger partial charge in [-0.25, -0.2) is 0 Å². The van der Waals surface area contributed by atoms with Gasteiger partial charge in [0.1, 0.15) is 5.75 Å². The molecule has 0 radical (unpaired) electrons. The maximum absolute atomic E-state index is 13.5. The second-order valence-electron chi connectivity index (χ2n) is 9.60. The summed E-state index contributed by atoms with van der Waals surface area (Å²) in [4.78, 5) is 13.5. The molecule has 0 saturated carbocycles. The normalized spacial score (nSPS) is 16.8. The molecule has 2 heterocycles. The van der Waals surface area contributed by atoms with Gasteiger partial charge in [0.25, 0.3) is 0 Å². The first kappa shape index (κ1) is 22.6. The minimum atomic E-state index is -0.202. The summed E-state index contributed by atoms with van der Waals surface area (Å²) in [5.41, 5.74) is 4.28. The van der Waals surface area contributed by atoms with Gasteiger partial charge in [-0.15, -0.1) is 0 Å². The first-order valence-electron chi connectivity index (χ1n) is 12.0. The third kappa shape index (κ3) is 4.91. The zero-order valence-corrected chi connectivity index (χ0v) is 19.8. The van der Waals surface area contributed by atoms with Crippen molar-refractivity contribution in [2.75, 3.05) is 6.61 Å². The molecule has 0 N–H and O–H groups in total. The second-order valence-corrected chi connectivity index (χ2v) is 9.60. The van der Waals surface area contributed by atoms with Crippen LogP contribution in [0, 0.1) is 5.92 Å². The molecular formula is C28H35NO3. The van der Waals surface area contributed by atoms with E-state index in [9.17, 15) is 4.79 Å². The molecule has 0 spiro atoms. The summed E-state index contributed by atoms with van der Waals surface area (Å²) in [7, 11) is 0. The molecule has 1 aromatic heterocycles. The minimum Gasteiger partial charge on any atom is -0.465 e. The first-order valence-corrected chi connectivity index (χ1v) is 12.0. The van der Waals surface area contributed by atoms with Gasteiger partial charge >= 0.3 is 0 Å². The largest absolute Gasteiger partial charge is 0.465 e. The van der Waals surface area contributed by atoms with Crippen LogP contribution in [0.5, 0.6) is 5.75 Å². The summed E-state index contributed by atoms with van der Waals surface area (Å²) in [6.07, 6.45) is 3.46. The smallest absolute Gasteiger partial charge is 0.199 e. The van der Waals surface area contributed by atoms with Gasteiger partial charge in [0.2, 0.25) is 0 Å². The molecule has 1 aliphatic heterocycles. The number of benzene rings is 2. The number of carbonyl (C=O) groups excluding carboxylic acids is 1. The molecule has 1 saturated heterocycles. The first-order chi connectivity index (χ1) is 15.4. The van der Waals surface area contributed by atoms with E-state index in [0.29, 0.717) is 12.3 Å². The van der Waals surface area contributed by atoms with E-state index in [0.717, 1.165) is 60.3 Å². The average Bonchev–Trinajstić information content (AvgIpc) is 3.08. The topological polar surface area (TPSA) is 40.5 Å². The maximum Gasteiger partial charge on any atom is 0.199 e. The summed E-state index contributed by atoms with van der Waals surface area (Å²) in [5, 5.41) is 0.989. The Kier molecular flexibility index (Phi) is 7.00. The van der Waals surface area contributed by atoms with E-state index in [1.807, 2.05) is 18.2 Å². The Morgan fingerprint density at radius 3 is 2.53 bits per heavy atom. The molecule has 1 atom stereocenters. The number of ether oxygens (including phenoxy) is 2. The molecule has 0 aliphatic carbocycles. The average molecular weight is 434 g/mol. The van der Waals surface area contributed by atoms with E-state index in [1.165, 1.54) is 5.56 Å². The number of aromatic nitrogens is 1. The molecule has 1 unspecified atom stereocenters. The lowest BCUT2D eigenvalue weighted by Gasteiger charge is -2.23. The van der Waals surface area contributed by atoms with Crippen molar-refractivity contribution >= 4 is 16.7 Å². The predicted octanol–water partition coefficient (Wildman–Crippen LogP) is 6.95. The lowest BCUT2D eigenvalue weighted by Crippen LogP contribution is -2.24. The molecule has 2 aromatic carbocycles. The molecule has 3 aromatic rings. The van der Waals surface area contributed by atoms with Gasteiger partial charge in [-0.05, 0) is 48.4 Å². The fourth-order valence-corrected chi connectivity index (χ4v) is 4.69. The summed E-state index contributed by atoms with van der Waals surface area (Å²) >= 11 is 0. The Balaban J connectivity index is 1.83. The van der Waals surface area contributed by atoms with Crippen molar-refractivity contribution in [2.45, 2.75) is 72.1 Å². The minimum absolute atomic E-state index is 0.202. The lowest BCUT2D eigenvalue weighted by molar-refractivity contribution is -0.105. The Morgan fingerprint density at radius 2 is 1.88 bits per heavy atom. The maximum atomic E-state index is 13.5. The van der Waals surface area contributed by atoms with Crippen LogP contribution in [0.15, 0.2) is 48.5 Å². The zero-order valence-electron chi connectivity index (χ0n) is 19.8. The van der Waals surface area contributed by atoms with E-state index in [4.69, 9.17) is 9.47 Å². The number of nitrogens with zero attached hydrogens (tertiary/aromatic N) is 1. The van der Waals surface area contributed by atoms with Crippen molar-refractivity contribution in [3.63, 3.8) is 0 Å². The Hall–Kier alpha value is -2.59. The Bertz CT molecular complexity index is 1060. The molecule has 4 heteroatoms. The van der Waals surface area contributed by atoms with Crippen LogP contribution >= 0.6 is 0 Å². The van der Waals surface area contributed by atoms with Gasteiger partial charge in [0.15, 0.2) is 12.1 Å². The SMILES string of the molecule is CC(C)CC(=O)c1c(C(C)C)n(Cc2ccccc2)c2ccc(OC3CCCCO3)cc12. The van der Waals surface area contributed by atoms with Crippen molar-refractivity contribution in [3.8, 4) is 5.75 Å².